The highest BCUT2D eigenvalue weighted by atomic mass is 16.7. The number of carbonyl (C=O) groups is 1. The number of rotatable bonds is 5. The maximum absolute atomic E-state index is 12.6. The van der Waals surface area contributed by atoms with Crippen molar-refractivity contribution in [1.82, 2.24) is 14.5 Å². The van der Waals surface area contributed by atoms with Gasteiger partial charge >= 0.3 is 5.97 Å². The van der Waals surface area contributed by atoms with E-state index in [1.807, 2.05) is 66.9 Å². The number of aromatic nitrogens is 3. The molecule has 0 spiro atoms. The molecule has 2 aromatic carbocycles. The maximum atomic E-state index is 12.6. The summed E-state index contributed by atoms with van der Waals surface area (Å²) in [6.45, 7) is 6.24. The van der Waals surface area contributed by atoms with Crippen LogP contribution in [0.15, 0.2) is 48.5 Å². The molecule has 0 amide bonds. The lowest BCUT2D eigenvalue weighted by molar-refractivity contribution is 0.0512. The molecule has 32 heavy (non-hydrogen) atoms. The molecule has 8 nitrogen and oxygen atoms in total. The van der Waals surface area contributed by atoms with Crippen LogP contribution < -0.4 is 14.8 Å². The van der Waals surface area contributed by atoms with E-state index >= 15 is 0 Å². The minimum absolute atomic E-state index is 0.00252. The van der Waals surface area contributed by atoms with E-state index < -0.39 is 5.97 Å². The molecule has 0 radical (unpaired) electrons. The molecular formula is C24H22N4O4. The zero-order chi connectivity index (χ0) is 22.2. The molecule has 1 aliphatic rings. The standard InChI is InChI=1S/C24H22N4O4/c1-4-30-24(29)22-26-21(25-16-10-11-18-19(12-16)32-13-31-18)20-14(2)15(3)28(23(20)27-22)17-8-6-5-7-9-17/h5-12H,4,13H2,1-3H3,(H,25,26,27). The zero-order valence-corrected chi connectivity index (χ0v) is 18.0. The number of nitrogens with zero attached hydrogens (tertiary/aromatic N) is 3. The molecule has 4 aromatic rings. The van der Waals surface area contributed by atoms with Gasteiger partial charge in [-0.15, -0.1) is 0 Å². The summed E-state index contributed by atoms with van der Waals surface area (Å²) in [7, 11) is 0. The average Bonchev–Trinajstić information content (AvgIpc) is 3.36. The average molecular weight is 430 g/mol. The Hall–Kier alpha value is -4.07. The van der Waals surface area contributed by atoms with Crippen molar-refractivity contribution in [1.29, 1.82) is 0 Å². The quantitative estimate of drug-likeness (QED) is 0.460. The number of carbonyl (C=O) groups excluding carboxylic acids is 1. The van der Waals surface area contributed by atoms with Gasteiger partial charge in [0, 0.05) is 23.1 Å². The lowest BCUT2D eigenvalue weighted by Crippen LogP contribution is -2.12. The molecule has 0 bridgehead atoms. The van der Waals surface area contributed by atoms with Crippen LogP contribution in [0.25, 0.3) is 16.7 Å². The number of para-hydroxylation sites is 1. The highest BCUT2D eigenvalue weighted by Gasteiger charge is 2.23. The fourth-order valence-corrected chi connectivity index (χ4v) is 3.84. The number of ether oxygens (including phenoxy) is 3. The smallest absolute Gasteiger partial charge is 0.376 e. The van der Waals surface area contributed by atoms with E-state index in [9.17, 15) is 4.79 Å². The van der Waals surface area contributed by atoms with E-state index in [1.165, 1.54) is 0 Å². The third kappa shape index (κ3) is 3.30. The molecule has 1 aliphatic heterocycles. The Morgan fingerprint density at radius 2 is 1.88 bits per heavy atom. The number of anilines is 2. The summed E-state index contributed by atoms with van der Waals surface area (Å²) in [5, 5.41) is 4.17. The summed E-state index contributed by atoms with van der Waals surface area (Å²) < 4.78 is 18.1. The van der Waals surface area contributed by atoms with Gasteiger partial charge < -0.3 is 19.5 Å². The van der Waals surface area contributed by atoms with Crippen LogP contribution in [-0.2, 0) is 4.74 Å². The third-order valence-electron chi connectivity index (χ3n) is 5.46. The van der Waals surface area contributed by atoms with E-state index in [-0.39, 0.29) is 19.2 Å². The first-order chi connectivity index (χ1) is 15.6. The number of hydrogen-bond acceptors (Lipinski definition) is 7. The SMILES string of the molecule is CCOC(=O)c1nc(Nc2ccc3c(c2)OCO3)c2c(C)c(C)n(-c3ccccc3)c2n1. The molecule has 3 heterocycles. The fourth-order valence-electron chi connectivity index (χ4n) is 3.84. The Morgan fingerprint density at radius 3 is 2.66 bits per heavy atom. The number of esters is 1. The van der Waals surface area contributed by atoms with Gasteiger partial charge in [-0.3, -0.25) is 4.57 Å². The Morgan fingerprint density at radius 1 is 1.09 bits per heavy atom. The van der Waals surface area contributed by atoms with Crippen LogP contribution in [0.2, 0.25) is 0 Å². The van der Waals surface area contributed by atoms with Crippen molar-refractivity contribution < 1.29 is 19.0 Å². The molecule has 162 valence electrons. The van der Waals surface area contributed by atoms with E-state index in [1.54, 1.807) is 6.92 Å². The highest BCUT2D eigenvalue weighted by molar-refractivity contribution is 5.98. The van der Waals surface area contributed by atoms with Crippen LogP contribution in [0.5, 0.6) is 11.5 Å². The Balaban J connectivity index is 1.71. The van der Waals surface area contributed by atoms with Crippen LogP contribution >= 0.6 is 0 Å². The highest BCUT2D eigenvalue weighted by Crippen LogP contribution is 2.37. The van der Waals surface area contributed by atoms with Crippen molar-refractivity contribution in [3.8, 4) is 17.2 Å². The van der Waals surface area contributed by atoms with Gasteiger partial charge in [-0.1, -0.05) is 18.2 Å². The van der Waals surface area contributed by atoms with Crippen LogP contribution in [0.1, 0.15) is 28.8 Å². The van der Waals surface area contributed by atoms with Gasteiger partial charge in [-0.2, -0.15) is 0 Å². The van der Waals surface area contributed by atoms with E-state index in [4.69, 9.17) is 14.2 Å². The van der Waals surface area contributed by atoms with Gasteiger partial charge in [0.1, 0.15) is 5.82 Å². The van der Waals surface area contributed by atoms with Gasteiger partial charge in [0.15, 0.2) is 17.1 Å². The summed E-state index contributed by atoms with van der Waals surface area (Å²) in [5.41, 5.74) is 4.37. The Kier molecular flexibility index (Phi) is 4.89. The number of hydrogen-bond donors (Lipinski definition) is 1. The van der Waals surface area contributed by atoms with Gasteiger partial charge in [-0.05, 0) is 50.6 Å². The van der Waals surface area contributed by atoms with Gasteiger partial charge in [0.05, 0.1) is 12.0 Å². The van der Waals surface area contributed by atoms with Crippen molar-refractivity contribution >= 4 is 28.5 Å². The lowest BCUT2D eigenvalue weighted by Gasteiger charge is -2.11. The van der Waals surface area contributed by atoms with Gasteiger partial charge in [0.25, 0.3) is 0 Å². The first-order valence-corrected chi connectivity index (χ1v) is 10.4. The molecule has 0 saturated carbocycles. The summed E-state index contributed by atoms with van der Waals surface area (Å²) >= 11 is 0. The first-order valence-electron chi connectivity index (χ1n) is 10.4. The number of fused-ring (bicyclic) bond motifs is 2. The Labute approximate surface area is 184 Å². The fraction of sp³-hybridized carbons (Fsp3) is 0.208. The molecule has 0 fully saturated rings. The summed E-state index contributed by atoms with van der Waals surface area (Å²) in [6, 6.07) is 15.5. The van der Waals surface area contributed by atoms with E-state index in [0.717, 1.165) is 28.0 Å². The number of aryl methyl sites for hydroxylation is 1. The second kappa shape index (κ2) is 7.88. The second-order valence-electron chi connectivity index (χ2n) is 7.39. The van der Waals surface area contributed by atoms with E-state index in [0.29, 0.717) is 23.0 Å². The molecule has 0 atom stereocenters. The van der Waals surface area contributed by atoms with Crippen molar-refractivity contribution in [3.05, 3.63) is 65.6 Å². The van der Waals surface area contributed by atoms with Crippen molar-refractivity contribution in [2.75, 3.05) is 18.7 Å². The minimum atomic E-state index is -0.570. The molecule has 1 N–H and O–H groups in total. The molecule has 5 rings (SSSR count). The monoisotopic (exact) mass is 430 g/mol. The summed E-state index contributed by atoms with van der Waals surface area (Å²) in [6.07, 6.45) is 0. The van der Waals surface area contributed by atoms with Crippen molar-refractivity contribution in [3.63, 3.8) is 0 Å². The molecule has 0 saturated heterocycles. The predicted molar refractivity (Wildman–Crippen MR) is 120 cm³/mol. The Bertz CT molecular complexity index is 1330. The zero-order valence-electron chi connectivity index (χ0n) is 18.0. The molecule has 0 aliphatic carbocycles. The second-order valence-corrected chi connectivity index (χ2v) is 7.39. The minimum Gasteiger partial charge on any atom is -0.460 e. The molecule has 8 heteroatoms. The predicted octanol–water partition coefficient (Wildman–Crippen LogP) is 4.69. The lowest BCUT2D eigenvalue weighted by atomic mass is 10.2. The molecule has 0 unspecified atom stereocenters. The molecular weight excluding hydrogens is 408 g/mol. The summed E-state index contributed by atoms with van der Waals surface area (Å²) in [5.74, 6) is 1.29. The first kappa shape index (κ1) is 19.9. The van der Waals surface area contributed by atoms with Crippen LogP contribution in [0.3, 0.4) is 0 Å². The van der Waals surface area contributed by atoms with Crippen LogP contribution in [0, 0.1) is 13.8 Å². The summed E-state index contributed by atoms with van der Waals surface area (Å²) in [4.78, 5) is 21.7. The third-order valence-corrected chi connectivity index (χ3v) is 5.46. The van der Waals surface area contributed by atoms with Crippen molar-refractivity contribution in [2.24, 2.45) is 0 Å². The van der Waals surface area contributed by atoms with Crippen molar-refractivity contribution in [2.45, 2.75) is 20.8 Å². The number of benzene rings is 2. The normalized spacial score (nSPS) is 12.2. The maximum Gasteiger partial charge on any atom is 0.376 e. The van der Waals surface area contributed by atoms with Gasteiger partial charge in [0.2, 0.25) is 12.6 Å². The topological polar surface area (TPSA) is 87.5 Å². The largest absolute Gasteiger partial charge is 0.460 e. The van der Waals surface area contributed by atoms with Crippen LogP contribution in [-0.4, -0.2) is 33.9 Å². The molecule has 2 aromatic heterocycles. The van der Waals surface area contributed by atoms with Crippen LogP contribution in [0.4, 0.5) is 11.5 Å². The van der Waals surface area contributed by atoms with E-state index in [2.05, 4.69) is 15.3 Å². The number of nitrogens with one attached hydrogen (secondary N) is 1. The van der Waals surface area contributed by atoms with Gasteiger partial charge in [-0.25, -0.2) is 14.8 Å².